The Morgan fingerprint density at radius 1 is 0.839 bits per heavy atom. The van der Waals surface area contributed by atoms with Crippen LogP contribution in [-0.2, 0) is 16.6 Å². The highest BCUT2D eigenvalue weighted by Crippen LogP contribution is 2.32. The van der Waals surface area contributed by atoms with Crippen LogP contribution >= 0.6 is 0 Å². The molecule has 3 aromatic rings. The van der Waals surface area contributed by atoms with Gasteiger partial charge in [-0.05, 0) is 66.6 Å². The van der Waals surface area contributed by atoms with Crippen molar-refractivity contribution in [3.8, 4) is 17.2 Å². The lowest BCUT2D eigenvalue weighted by molar-refractivity contribution is 0.354. The summed E-state index contributed by atoms with van der Waals surface area (Å²) in [5.74, 6) is 1.02. The van der Waals surface area contributed by atoms with E-state index in [9.17, 15) is 12.8 Å². The number of rotatable bonds is 8. The zero-order valence-corrected chi connectivity index (χ0v) is 18.6. The molecule has 0 fully saturated rings. The molecule has 0 spiro atoms. The molecule has 3 rings (SSSR count). The molecule has 0 bridgehead atoms. The topological polar surface area (TPSA) is 65.1 Å². The van der Waals surface area contributed by atoms with E-state index in [1.807, 2.05) is 0 Å². The van der Waals surface area contributed by atoms with Crippen LogP contribution in [0.5, 0.6) is 17.2 Å². The predicted octanol–water partition coefficient (Wildman–Crippen LogP) is 4.56. The number of methoxy groups -OCH3 is 3. The van der Waals surface area contributed by atoms with E-state index < -0.39 is 15.8 Å². The van der Waals surface area contributed by atoms with Crippen molar-refractivity contribution in [2.75, 3.05) is 25.6 Å². The number of anilines is 1. The van der Waals surface area contributed by atoms with E-state index >= 15 is 0 Å². The van der Waals surface area contributed by atoms with Crippen LogP contribution in [0.1, 0.15) is 11.1 Å². The standard InChI is InChI=1S/C23H24FNO5S/c1-16-5-11-20(14-21(16)24)31(26,27)25(18-7-9-19(28-2)10-8-18)15-17-6-12-22(29-3)23(13-17)30-4/h5-14H,15H2,1-4H3. The Morgan fingerprint density at radius 3 is 2.10 bits per heavy atom. The molecule has 31 heavy (non-hydrogen) atoms. The lowest BCUT2D eigenvalue weighted by Gasteiger charge is -2.25. The average molecular weight is 446 g/mol. The number of hydrogen-bond acceptors (Lipinski definition) is 5. The third-order valence-corrected chi connectivity index (χ3v) is 6.64. The number of nitrogens with zero attached hydrogens (tertiary/aromatic N) is 1. The zero-order chi connectivity index (χ0) is 22.6. The van der Waals surface area contributed by atoms with Gasteiger partial charge in [-0.3, -0.25) is 4.31 Å². The number of sulfonamides is 1. The minimum Gasteiger partial charge on any atom is -0.497 e. The molecule has 0 amide bonds. The van der Waals surface area contributed by atoms with Gasteiger partial charge in [-0.15, -0.1) is 0 Å². The molecule has 0 aliphatic rings. The molecule has 3 aromatic carbocycles. The molecular weight excluding hydrogens is 421 g/mol. The number of halogens is 1. The fourth-order valence-corrected chi connectivity index (χ4v) is 4.53. The van der Waals surface area contributed by atoms with Gasteiger partial charge in [-0.25, -0.2) is 12.8 Å². The SMILES string of the molecule is COc1ccc(N(Cc2ccc(OC)c(OC)c2)S(=O)(=O)c2ccc(C)c(F)c2)cc1. The largest absolute Gasteiger partial charge is 0.497 e. The van der Waals surface area contributed by atoms with Gasteiger partial charge in [-0.2, -0.15) is 0 Å². The summed E-state index contributed by atoms with van der Waals surface area (Å²) >= 11 is 0. The van der Waals surface area contributed by atoms with Crippen molar-refractivity contribution < 1.29 is 27.0 Å². The highest BCUT2D eigenvalue weighted by atomic mass is 32.2. The molecule has 0 aliphatic carbocycles. The predicted molar refractivity (Wildman–Crippen MR) is 117 cm³/mol. The van der Waals surface area contributed by atoms with Crippen LogP contribution in [0.25, 0.3) is 0 Å². The van der Waals surface area contributed by atoms with Crippen molar-refractivity contribution >= 4 is 15.7 Å². The summed E-state index contributed by atoms with van der Waals surface area (Å²) in [6.07, 6.45) is 0. The van der Waals surface area contributed by atoms with Crippen molar-refractivity contribution in [2.24, 2.45) is 0 Å². The first-order valence-corrected chi connectivity index (χ1v) is 10.9. The summed E-state index contributed by atoms with van der Waals surface area (Å²) in [6, 6.07) is 15.7. The lowest BCUT2D eigenvalue weighted by Crippen LogP contribution is -2.30. The minimum atomic E-state index is -4.07. The summed E-state index contributed by atoms with van der Waals surface area (Å²) in [4.78, 5) is -0.133. The molecule has 0 saturated carbocycles. The lowest BCUT2D eigenvalue weighted by atomic mass is 10.2. The van der Waals surface area contributed by atoms with Gasteiger partial charge in [0.25, 0.3) is 10.0 Å². The van der Waals surface area contributed by atoms with Gasteiger partial charge in [0.1, 0.15) is 11.6 Å². The Kier molecular flexibility index (Phi) is 6.70. The molecule has 0 heterocycles. The van der Waals surface area contributed by atoms with Crippen LogP contribution in [0.4, 0.5) is 10.1 Å². The second kappa shape index (κ2) is 9.26. The van der Waals surface area contributed by atoms with Crippen molar-refractivity contribution in [1.82, 2.24) is 0 Å². The molecule has 0 unspecified atom stereocenters. The molecule has 164 valence electrons. The first kappa shape index (κ1) is 22.4. The van der Waals surface area contributed by atoms with Gasteiger partial charge in [-0.1, -0.05) is 12.1 Å². The third-order valence-electron chi connectivity index (χ3n) is 4.87. The highest BCUT2D eigenvalue weighted by Gasteiger charge is 2.26. The van der Waals surface area contributed by atoms with Gasteiger partial charge in [0, 0.05) is 0 Å². The van der Waals surface area contributed by atoms with E-state index in [2.05, 4.69) is 0 Å². The van der Waals surface area contributed by atoms with Crippen LogP contribution in [0.3, 0.4) is 0 Å². The van der Waals surface area contributed by atoms with Crippen LogP contribution in [0.2, 0.25) is 0 Å². The Bertz CT molecular complexity index is 1160. The molecule has 8 heteroatoms. The quantitative estimate of drug-likeness (QED) is 0.509. The first-order valence-electron chi connectivity index (χ1n) is 9.44. The van der Waals surface area contributed by atoms with Crippen molar-refractivity contribution in [3.05, 3.63) is 77.6 Å². The van der Waals surface area contributed by atoms with Crippen LogP contribution in [-0.4, -0.2) is 29.7 Å². The fourth-order valence-electron chi connectivity index (χ4n) is 3.07. The van der Waals surface area contributed by atoms with Crippen LogP contribution in [0.15, 0.2) is 65.6 Å². The summed E-state index contributed by atoms with van der Waals surface area (Å²) < 4.78 is 58.1. The van der Waals surface area contributed by atoms with Gasteiger partial charge in [0.05, 0.1) is 38.5 Å². The fraction of sp³-hybridized carbons (Fsp3) is 0.217. The van der Waals surface area contributed by atoms with E-state index in [1.54, 1.807) is 49.4 Å². The summed E-state index contributed by atoms with van der Waals surface area (Å²) in [7, 11) is 0.498. The number of ether oxygens (including phenoxy) is 3. The molecule has 0 aromatic heterocycles. The molecule has 0 N–H and O–H groups in total. The Labute approximate surface area is 181 Å². The van der Waals surface area contributed by atoms with Crippen LogP contribution < -0.4 is 18.5 Å². The van der Waals surface area contributed by atoms with Gasteiger partial charge >= 0.3 is 0 Å². The zero-order valence-electron chi connectivity index (χ0n) is 17.8. The molecule has 0 saturated heterocycles. The van der Waals surface area contributed by atoms with Crippen molar-refractivity contribution in [3.63, 3.8) is 0 Å². The van der Waals surface area contributed by atoms with E-state index in [4.69, 9.17) is 14.2 Å². The third kappa shape index (κ3) is 4.74. The second-order valence-electron chi connectivity index (χ2n) is 6.81. The maximum atomic E-state index is 14.2. The van der Waals surface area contributed by atoms with E-state index in [0.29, 0.717) is 34.1 Å². The summed E-state index contributed by atoms with van der Waals surface area (Å²) in [5, 5.41) is 0. The van der Waals surface area contributed by atoms with Gasteiger partial charge < -0.3 is 14.2 Å². The maximum Gasteiger partial charge on any atom is 0.264 e. The normalized spacial score (nSPS) is 11.1. The van der Waals surface area contributed by atoms with Gasteiger partial charge in [0.15, 0.2) is 11.5 Å². The Hall–Kier alpha value is -3.26. The van der Waals surface area contributed by atoms with E-state index in [0.717, 1.165) is 6.07 Å². The first-order chi connectivity index (χ1) is 14.8. The highest BCUT2D eigenvalue weighted by molar-refractivity contribution is 7.92. The van der Waals surface area contributed by atoms with Crippen molar-refractivity contribution in [2.45, 2.75) is 18.4 Å². The number of benzene rings is 3. The number of aryl methyl sites for hydroxylation is 1. The average Bonchev–Trinajstić information content (AvgIpc) is 2.79. The van der Waals surface area contributed by atoms with Crippen molar-refractivity contribution in [1.29, 1.82) is 0 Å². The molecule has 6 nitrogen and oxygen atoms in total. The maximum absolute atomic E-state index is 14.2. The molecule has 0 radical (unpaired) electrons. The molecule has 0 atom stereocenters. The van der Waals surface area contributed by atoms with Crippen LogP contribution in [0, 0.1) is 12.7 Å². The Morgan fingerprint density at radius 2 is 1.52 bits per heavy atom. The smallest absolute Gasteiger partial charge is 0.264 e. The van der Waals surface area contributed by atoms with Gasteiger partial charge in [0.2, 0.25) is 0 Å². The number of hydrogen-bond donors (Lipinski definition) is 0. The summed E-state index contributed by atoms with van der Waals surface area (Å²) in [5.41, 5.74) is 1.45. The van der Waals surface area contributed by atoms with E-state index in [-0.39, 0.29) is 11.4 Å². The summed E-state index contributed by atoms with van der Waals surface area (Å²) in [6.45, 7) is 1.58. The Balaban J connectivity index is 2.09. The second-order valence-corrected chi connectivity index (χ2v) is 8.67. The minimum absolute atomic E-state index is 0.00448. The molecule has 0 aliphatic heterocycles. The van der Waals surface area contributed by atoms with E-state index in [1.165, 1.54) is 37.8 Å². The molecular formula is C23H24FNO5S. The monoisotopic (exact) mass is 445 g/mol.